The molecule has 0 radical (unpaired) electrons. The SMILES string of the molecule is C1=CC2CC(=C1Nc1ccccc1)C2. The van der Waals surface area contributed by atoms with Crippen molar-refractivity contribution < 1.29 is 0 Å². The Morgan fingerprint density at radius 3 is 2.50 bits per heavy atom. The van der Waals surface area contributed by atoms with E-state index in [9.17, 15) is 0 Å². The lowest BCUT2D eigenvalue weighted by Crippen LogP contribution is -2.20. The number of nitrogens with one attached hydrogen (secondary N) is 1. The Morgan fingerprint density at radius 1 is 1.07 bits per heavy atom. The van der Waals surface area contributed by atoms with E-state index in [1.807, 2.05) is 6.07 Å². The number of benzene rings is 1. The van der Waals surface area contributed by atoms with Gasteiger partial charge in [0.15, 0.2) is 0 Å². The van der Waals surface area contributed by atoms with Crippen LogP contribution in [0, 0.1) is 5.92 Å². The molecule has 3 aliphatic rings. The van der Waals surface area contributed by atoms with Crippen molar-refractivity contribution >= 4 is 5.69 Å². The summed E-state index contributed by atoms with van der Waals surface area (Å²) >= 11 is 0. The van der Waals surface area contributed by atoms with E-state index in [2.05, 4.69) is 41.7 Å². The van der Waals surface area contributed by atoms with Gasteiger partial charge < -0.3 is 5.32 Å². The van der Waals surface area contributed by atoms with E-state index < -0.39 is 0 Å². The van der Waals surface area contributed by atoms with Gasteiger partial charge in [0.2, 0.25) is 0 Å². The number of anilines is 1. The van der Waals surface area contributed by atoms with E-state index in [0.29, 0.717) is 0 Å². The molecule has 1 aromatic rings. The molecular weight excluding hydrogens is 170 g/mol. The Hall–Kier alpha value is -1.50. The van der Waals surface area contributed by atoms with Crippen molar-refractivity contribution in [2.75, 3.05) is 5.32 Å². The molecule has 0 unspecified atom stereocenters. The molecular formula is C13H13N. The van der Waals surface area contributed by atoms with Crippen LogP contribution in [-0.4, -0.2) is 0 Å². The second kappa shape index (κ2) is 3.02. The van der Waals surface area contributed by atoms with Crippen LogP contribution in [0.3, 0.4) is 0 Å². The Balaban J connectivity index is 1.83. The monoisotopic (exact) mass is 183 g/mol. The first kappa shape index (κ1) is 7.86. The highest BCUT2D eigenvalue weighted by Gasteiger charge is 2.26. The quantitative estimate of drug-likeness (QED) is 0.741. The molecule has 1 nitrogen and oxygen atoms in total. The zero-order chi connectivity index (χ0) is 9.38. The van der Waals surface area contributed by atoms with E-state index in [1.165, 1.54) is 24.2 Å². The predicted octanol–water partition coefficient (Wildman–Crippen LogP) is 3.33. The molecule has 1 heteroatoms. The standard InChI is InChI=1S/C13H13N/c1-2-4-12(5-3-1)14-13-7-6-10-8-11(13)9-10/h1-7,10,14H,8-9H2. The van der Waals surface area contributed by atoms with Crippen LogP contribution >= 0.6 is 0 Å². The number of rotatable bonds is 2. The number of para-hydroxylation sites is 1. The van der Waals surface area contributed by atoms with Gasteiger partial charge in [0, 0.05) is 11.4 Å². The van der Waals surface area contributed by atoms with Gasteiger partial charge in [-0.15, -0.1) is 0 Å². The average molecular weight is 183 g/mol. The van der Waals surface area contributed by atoms with Crippen molar-refractivity contribution in [2.24, 2.45) is 5.92 Å². The molecule has 70 valence electrons. The second-order valence-corrected chi connectivity index (χ2v) is 4.04. The van der Waals surface area contributed by atoms with E-state index in [4.69, 9.17) is 0 Å². The maximum Gasteiger partial charge on any atom is 0.0384 e. The molecule has 1 aromatic carbocycles. The Labute approximate surface area is 84.1 Å². The molecule has 0 heterocycles. The molecule has 0 aliphatic heterocycles. The van der Waals surface area contributed by atoms with Crippen LogP contribution < -0.4 is 5.32 Å². The average Bonchev–Trinajstić information content (AvgIpc) is 2.18. The highest BCUT2D eigenvalue weighted by Crippen LogP contribution is 2.40. The van der Waals surface area contributed by atoms with Crippen LogP contribution in [0.1, 0.15) is 12.8 Å². The molecule has 0 spiro atoms. The van der Waals surface area contributed by atoms with Gasteiger partial charge in [0.1, 0.15) is 0 Å². The van der Waals surface area contributed by atoms with E-state index in [-0.39, 0.29) is 0 Å². The molecule has 0 atom stereocenters. The van der Waals surface area contributed by atoms with Crippen molar-refractivity contribution in [3.63, 3.8) is 0 Å². The molecule has 0 saturated heterocycles. The van der Waals surface area contributed by atoms with Gasteiger partial charge in [-0.25, -0.2) is 0 Å². The van der Waals surface area contributed by atoms with E-state index in [0.717, 1.165) is 5.92 Å². The van der Waals surface area contributed by atoms with Crippen LogP contribution in [0.4, 0.5) is 5.69 Å². The van der Waals surface area contributed by atoms with Gasteiger partial charge >= 0.3 is 0 Å². The predicted molar refractivity (Wildman–Crippen MR) is 59.0 cm³/mol. The lowest BCUT2D eigenvalue weighted by Gasteiger charge is -2.33. The van der Waals surface area contributed by atoms with E-state index in [1.54, 1.807) is 5.57 Å². The Bertz CT molecular complexity index is 393. The van der Waals surface area contributed by atoms with Gasteiger partial charge in [-0.05, 0) is 42.5 Å². The summed E-state index contributed by atoms with van der Waals surface area (Å²) in [7, 11) is 0. The maximum absolute atomic E-state index is 3.46. The zero-order valence-electron chi connectivity index (χ0n) is 8.03. The highest BCUT2D eigenvalue weighted by atomic mass is 14.9. The van der Waals surface area contributed by atoms with Crippen LogP contribution in [-0.2, 0) is 0 Å². The summed E-state index contributed by atoms with van der Waals surface area (Å²) < 4.78 is 0. The summed E-state index contributed by atoms with van der Waals surface area (Å²) in [6, 6.07) is 10.4. The summed E-state index contributed by atoms with van der Waals surface area (Å²) in [4.78, 5) is 0. The third kappa shape index (κ3) is 1.25. The van der Waals surface area contributed by atoms with Crippen LogP contribution in [0.5, 0.6) is 0 Å². The minimum atomic E-state index is 0.839. The molecule has 1 fully saturated rings. The first-order valence-corrected chi connectivity index (χ1v) is 5.14. The van der Waals surface area contributed by atoms with Crippen molar-refractivity contribution in [1.82, 2.24) is 0 Å². The smallest absolute Gasteiger partial charge is 0.0384 e. The molecule has 1 saturated carbocycles. The molecule has 14 heavy (non-hydrogen) atoms. The fourth-order valence-electron chi connectivity index (χ4n) is 2.09. The van der Waals surface area contributed by atoms with Gasteiger partial charge in [-0.1, -0.05) is 24.3 Å². The van der Waals surface area contributed by atoms with Gasteiger partial charge in [-0.3, -0.25) is 0 Å². The minimum absolute atomic E-state index is 0.839. The highest BCUT2D eigenvalue weighted by molar-refractivity contribution is 5.54. The number of allylic oxidation sites excluding steroid dienone is 3. The number of hydrogen-bond donors (Lipinski definition) is 1. The molecule has 2 bridgehead atoms. The Kier molecular flexibility index (Phi) is 1.69. The molecule has 1 N–H and O–H groups in total. The second-order valence-electron chi connectivity index (χ2n) is 4.04. The summed E-state index contributed by atoms with van der Waals surface area (Å²) in [5.74, 6) is 0.839. The summed E-state index contributed by atoms with van der Waals surface area (Å²) in [6.45, 7) is 0. The molecule has 0 aromatic heterocycles. The molecule has 0 amide bonds. The number of hydrogen-bond acceptors (Lipinski definition) is 1. The molecule has 4 rings (SSSR count). The topological polar surface area (TPSA) is 12.0 Å². The van der Waals surface area contributed by atoms with Crippen LogP contribution in [0.25, 0.3) is 0 Å². The minimum Gasteiger partial charge on any atom is -0.356 e. The van der Waals surface area contributed by atoms with Gasteiger partial charge in [-0.2, -0.15) is 0 Å². The van der Waals surface area contributed by atoms with Crippen molar-refractivity contribution in [3.8, 4) is 0 Å². The van der Waals surface area contributed by atoms with Crippen molar-refractivity contribution in [1.29, 1.82) is 0 Å². The largest absolute Gasteiger partial charge is 0.356 e. The van der Waals surface area contributed by atoms with Gasteiger partial charge in [0.05, 0.1) is 0 Å². The fraction of sp³-hybridized carbons (Fsp3) is 0.231. The molecule has 3 aliphatic carbocycles. The normalized spacial score (nSPS) is 19.4. The summed E-state index contributed by atoms with van der Waals surface area (Å²) in [6.07, 6.45) is 7.08. The Morgan fingerprint density at radius 2 is 1.86 bits per heavy atom. The first-order chi connectivity index (χ1) is 6.92. The van der Waals surface area contributed by atoms with Crippen molar-refractivity contribution in [3.05, 3.63) is 53.8 Å². The fourth-order valence-corrected chi connectivity index (χ4v) is 2.09. The summed E-state index contributed by atoms with van der Waals surface area (Å²) in [5.41, 5.74) is 4.09. The van der Waals surface area contributed by atoms with Crippen molar-refractivity contribution in [2.45, 2.75) is 12.8 Å². The van der Waals surface area contributed by atoms with E-state index >= 15 is 0 Å². The lowest BCUT2D eigenvalue weighted by atomic mass is 9.75. The van der Waals surface area contributed by atoms with Crippen LogP contribution in [0.2, 0.25) is 0 Å². The third-order valence-corrected chi connectivity index (χ3v) is 2.99. The number of fused-ring (bicyclic) bond motifs is 1. The maximum atomic E-state index is 3.46. The first-order valence-electron chi connectivity index (χ1n) is 5.14. The zero-order valence-corrected chi connectivity index (χ0v) is 8.03. The van der Waals surface area contributed by atoms with Crippen LogP contribution in [0.15, 0.2) is 53.8 Å². The van der Waals surface area contributed by atoms with Gasteiger partial charge in [0.25, 0.3) is 0 Å². The third-order valence-electron chi connectivity index (χ3n) is 2.99. The lowest BCUT2D eigenvalue weighted by molar-refractivity contribution is 0.499. The summed E-state index contributed by atoms with van der Waals surface area (Å²) in [5, 5.41) is 3.46.